The van der Waals surface area contributed by atoms with Crippen LogP contribution in [0.15, 0.2) is 47.4 Å². The molecule has 3 aromatic rings. The smallest absolute Gasteiger partial charge is 0.255 e. The Bertz CT molecular complexity index is 1420. The maximum Gasteiger partial charge on any atom is 0.255 e. The summed E-state index contributed by atoms with van der Waals surface area (Å²) in [6.45, 7) is 6.36. The van der Waals surface area contributed by atoms with E-state index in [9.17, 15) is 23.4 Å². The summed E-state index contributed by atoms with van der Waals surface area (Å²) in [7, 11) is -0.916. The number of carbonyl (C=O) groups excluding carboxylic acids is 1. The predicted molar refractivity (Wildman–Crippen MR) is 139 cm³/mol. The lowest BCUT2D eigenvalue weighted by atomic mass is 9.77. The van der Waals surface area contributed by atoms with E-state index in [0.29, 0.717) is 23.3 Å². The number of rotatable bonds is 5. The van der Waals surface area contributed by atoms with Crippen molar-refractivity contribution in [1.29, 1.82) is 0 Å². The first kappa shape index (κ1) is 26.0. The van der Waals surface area contributed by atoms with Crippen LogP contribution in [0.5, 0.6) is 5.88 Å². The van der Waals surface area contributed by atoms with E-state index in [1.165, 1.54) is 26.2 Å². The van der Waals surface area contributed by atoms with Crippen molar-refractivity contribution in [3.63, 3.8) is 0 Å². The van der Waals surface area contributed by atoms with Crippen molar-refractivity contribution < 1.29 is 23.4 Å². The van der Waals surface area contributed by atoms with Gasteiger partial charge in [0.15, 0.2) is 0 Å². The van der Waals surface area contributed by atoms with Gasteiger partial charge >= 0.3 is 0 Å². The maximum atomic E-state index is 13.6. The summed E-state index contributed by atoms with van der Waals surface area (Å²) in [6, 6.07) is 11.0. The van der Waals surface area contributed by atoms with E-state index in [1.807, 2.05) is 20.8 Å². The normalized spacial score (nSPS) is 22.6. The molecule has 0 aliphatic carbocycles. The molecule has 4 unspecified atom stereocenters. The van der Waals surface area contributed by atoms with Crippen molar-refractivity contribution in [3.8, 4) is 5.88 Å². The lowest BCUT2D eigenvalue weighted by molar-refractivity contribution is 0.0489. The van der Waals surface area contributed by atoms with Crippen molar-refractivity contribution in [3.05, 3.63) is 59.2 Å². The molecule has 4 rings (SSSR count). The molecule has 0 saturated carbocycles. The lowest BCUT2D eigenvalue weighted by Crippen LogP contribution is -2.50. The minimum absolute atomic E-state index is 0.00519. The van der Waals surface area contributed by atoms with Gasteiger partial charge in [-0.2, -0.15) is 0 Å². The van der Waals surface area contributed by atoms with Gasteiger partial charge in [0, 0.05) is 55.3 Å². The zero-order valence-electron chi connectivity index (χ0n) is 21.0. The number of sulfonamides is 1. The second-order valence-electron chi connectivity index (χ2n) is 9.71. The number of hydrogen-bond acceptors (Lipinski definition) is 7. The van der Waals surface area contributed by atoms with Crippen LogP contribution in [0.2, 0.25) is 0 Å². The predicted octanol–water partition coefficient (Wildman–Crippen LogP) is 2.82. The number of aliphatic hydroxyl groups excluding tert-OH is 1. The minimum Gasteiger partial charge on any atom is -0.493 e. The number of fused-ring (bicyclic) bond motifs is 1. The lowest BCUT2D eigenvalue weighted by Gasteiger charge is -2.39. The molecule has 1 fully saturated rings. The summed E-state index contributed by atoms with van der Waals surface area (Å²) in [5.74, 6) is -1.01. The summed E-state index contributed by atoms with van der Waals surface area (Å²) >= 11 is 0. The van der Waals surface area contributed by atoms with Crippen LogP contribution >= 0.6 is 0 Å². The average Bonchev–Trinajstić information content (AvgIpc) is 2.82. The third-order valence-corrected chi connectivity index (χ3v) is 8.73. The van der Waals surface area contributed by atoms with E-state index in [2.05, 4.69) is 15.6 Å². The van der Waals surface area contributed by atoms with Crippen LogP contribution in [0.3, 0.4) is 0 Å². The minimum atomic E-state index is -3.79. The van der Waals surface area contributed by atoms with Crippen LogP contribution in [-0.2, 0) is 10.0 Å². The number of aliphatic hydroxyl groups is 1. The van der Waals surface area contributed by atoms with E-state index in [-0.39, 0.29) is 28.3 Å². The Morgan fingerprint density at radius 3 is 2.56 bits per heavy atom. The molecule has 10 heteroatoms. The van der Waals surface area contributed by atoms with Crippen molar-refractivity contribution >= 4 is 32.5 Å². The third kappa shape index (κ3) is 4.81. The van der Waals surface area contributed by atoms with Crippen molar-refractivity contribution in [2.75, 3.05) is 26.0 Å². The fourth-order valence-electron chi connectivity index (χ4n) is 4.77. The third-order valence-electron chi connectivity index (χ3n) is 6.92. The number of aromatic hydroxyl groups is 1. The number of aromatic nitrogens is 1. The summed E-state index contributed by atoms with van der Waals surface area (Å²) < 4.78 is 26.8. The van der Waals surface area contributed by atoms with Gasteiger partial charge in [0.25, 0.3) is 5.91 Å². The molecule has 0 radical (unpaired) electrons. The largest absolute Gasteiger partial charge is 0.493 e. The molecule has 4 atom stereocenters. The summed E-state index contributed by atoms with van der Waals surface area (Å²) in [6.07, 6.45) is -0.703. The fraction of sp³-hybridized carbons (Fsp3) is 0.385. The molecule has 0 bridgehead atoms. The Kier molecular flexibility index (Phi) is 7.07. The topological polar surface area (TPSA) is 132 Å². The summed E-state index contributed by atoms with van der Waals surface area (Å²) in [4.78, 5) is 17.7. The number of nitrogens with one attached hydrogen (secondary N) is 2. The highest BCUT2D eigenvalue weighted by Gasteiger charge is 2.37. The Labute approximate surface area is 211 Å². The Balaban J connectivity index is 1.79. The number of piperidine rings is 1. The van der Waals surface area contributed by atoms with Crippen LogP contribution in [0.1, 0.15) is 41.3 Å². The standard InChI is InChI=1S/C26H32N4O5S/c1-14-10-23(31)29-22-9-6-17(11-20(14)22)28-26(33)21-12-18(36(34,35)30(4)5)7-8-19(21)24-16(3)27-13-15(2)25(24)32/h6-12,15-16,24-25,27,32H,13H2,1-5H3,(H,28,33)(H,29,31). The highest BCUT2D eigenvalue weighted by Crippen LogP contribution is 2.35. The van der Waals surface area contributed by atoms with E-state index in [1.54, 1.807) is 30.3 Å². The second kappa shape index (κ2) is 9.78. The number of nitrogens with zero attached hydrogens (tertiary/aromatic N) is 2. The summed E-state index contributed by atoms with van der Waals surface area (Å²) in [5, 5.41) is 27.8. The zero-order chi connectivity index (χ0) is 26.4. The highest BCUT2D eigenvalue weighted by molar-refractivity contribution is 7.89. The second-order valence-corrected chi connectivity index (χ2v) is 11.9. The molecule has 0 spiro atoms. The molecule has 192 valence electrons. The monoisotopic (exact) mass is 512 g/mol. The highest BCUT2D eigenvalue weighted by atomic mass is 32.2. The van der Waals surface area contributed by atoms with E-state index < -0.39 is 28.0 Å². The van der Waals surface area contributed by atoms with E-state index in [0.717, 1.165) is 15.3 Å². The number of benzene rings is 2. The number of aryl methyl sites for hydroxylation is 1. The maximum absolute atomic E-state index is 13.6. The molecule has 1 saturated heterocycles. The van der Waals surface area contributed by atoms with Gasteiger partial charge in [0.05, 0.1) is 16.5 Å². The van der Waals surface area contributed by atoms with Gasteiger partial charge < -0.3 is 20.8 Å². The van der Waals surface area contributed by atoms with Crippen LogP contribution in [0.4, 0.5) is 5.69 Å². The van der Waals surface area contributed by atoms with E-state index >= 15 is 0 Å². The molecular formula is C26H32N4O5S. The summed E-state index contributed by atoms with van der Waals surface area (Å²) in [5.41, 5.74) is 2.65. The van der Waals surface area contributed by atoms with Crippen molar-refractivity contribution in [2.45, 2.75) is 43.7 Å². The number of carbonyl (C=O) groups is 1. The fourth-order valence-corrected chi connectivity index (χ4v) is 5.70. The molecule has 9 nitrogen and oxygen atoms in total. The Hall–Kier alpha value is -3.05. The molecule has 1 aliphatic rings. The molecule has 1 aliphatic heterocycles. The average molecular weight is 513 g/mol. The van der Waals surface area contributed by atoms with Crippen molar-refractivity contribution in [1.82, 2.24) is 14.6 Å². The molecule has 4 N–H and O–H groups in total. The molecule has 1 amide bonds. The van der Waals surface area contributed by atoms with Gasteiger partial charge in [-0.3, -0.25) is 4.79 Å². The number of hydrogen-bond donors (Lipinski definition) is 4. The van der Waals surface area contributed by atoms with Gasteiger partial charge in [0.1, 0.15) is 0 Å². The number of pyridine rings is 1. The Morgan fingerprint density at radius 2 is 1.86 bits per heavy atom. The van der Waals surface area contributed by atoms with Gasteiger partial charge in [-0.05, 0) is 61.2 Å². The molecule has 2 aromatic carbocycles. The van der Waals surface area contributed by atoms with Crippen LogP contribution in [0.25, 0.3) is 10.9 Å². The van der Waals surface area contributed by atoms with Gasteiger partial charge in [-0.25, -0.2) is 17.7 Å². The van der Waals surface area contributed by atoms with Crippen molar-refractivity contribution in [2.24, 2.45) is 5.92 Å². The van der Waals surface area contributed by atoms with Crippen LogP contribution < -0.4 is 10.6 Å². The number of anilines is 1. The first-order valence-corrected chi connectivity index (χ1v) is 13.2. The van der Waals surface area contributed by atoms with Crippen LogP contribution in [0, 0.1) is 12.8 Å². The first-order valence-electron chi connectivity index (χ1n) is 11.8. The Morgan fingerprint density at radius 1 is 1.14 bits per heavy atom. The SMILES string of the molecule is Cc1cc(O)nc2ccc(NC(=O)c3cc(S(=O)(=O)N(C)C)ccc3C3C(C)NCC(C)C3O)cc12. The molecule has 2 heterocycles. The number of amides is 1. The molecular weight excluding hydrogens is 480 g/mol. The quantitative estimate of drug-likeness (QED) is 0.413. The first-order chi connectivity index (χ1) is 16.9. The van der Waals surface area contributed by atoms with Gasteiger partial charge in [-0.1, -0.05) is 13.0 Å². The molecule has 1 aromatic heterocycles. The van der Waals surface area contributed by atoms with Gasteiger partial charge in [-0.15, -0.1) is 0 Å². The van der Waals surface area contributed by atoms with Gasteiger partial charge in [0.2, 0.25) is 15.9 Å². The molecule has 36 heavy (non-hydrogen) atoms. The van der Waals surface area contributed by atoms with Crippen LogP contribution in [-0.4, -0.2) is 66.6 Å². The van der Waals surface area contributed by atoms with E-state index in [4.69, 9.17) is 0 Å². The zero-order valence-corrected chi connectivity index (χ0v) is 21.8.